The lowest BCUT2D eigenvalue weighted by atomic mass is 9.94. The van der Waals surface area contributed by atoms with E-state index in [2.05, 4.69) is 31.4 Å². The van der Waals surface area contributed by atoms with E-state index in [0.717, 1.165) is 0 Å². The molecule has 6 nitrogen and oxygen atoms in total. The van der Waals surface area contributed by atoms with Gasteiger partial charge in [0.1, 0.15) is 5.69 Å². The lowest BCUT2D eigenvalue weighted by Gasteiger charge is -2.19. The van der Waals surface area contributed by atoms with Crippen LogP contribution in [0.25, 0.3) is 0 Å². The molecule has 0 aliphatic heterocycles. The average molecular weight is 290 g/mol. The number of nitrogens with one attached hydrogen (secondary N) is 2. The summed E-state index contributed by atoms with van der Waals surface area (Å²) in [7, 11) is 0. The van der Waals surface area contributed by atoms with E-state index in [1.807, 2.05) is 0 Å². The normalized spacial score (nSPS) is 11.2. The van der Waals surface area contributed by atoms with Gasteiger partial charge in [0, 0.05) is 6.54 Å². The zero-order valence-corrected chi connectivity index (χ0v) is 10.5. The van der Waals surface area contributed by atoms with Crippen LogP contribution in [0.15, 0.2) is 10.7 Å². The van der Waals surface area contributed by atoms with Gasteiger partial charge >= 0.3 is 5.97 Å². The minimum absolute atomic E-state index is 0.0482. The van der Waals surface area contributed by atoms with Crippen LogP contribution in [-0.4, -0.2) is 33.7 Å². The summed E-state index contributed by atoms with van der Waals surface area (Å²) in [5.74, 6) is -1.35. The number of nitrogens with zero attached hydrogens (tertiary/aromatic N) is 1. The fourth-order valence-electron chi connectivity index (χ4n) is 0.896. The van der Waals surface area contributed by atoms with Crippen molar-refractivity contribution in [3.63, 3.8) is 0 Å². The number of aromatic nitrogens is 2. The predicted octanol–water partition coefficient (Wildman–Crippen LogP) is 1.01. The van der Waals surface area contributed by atoms with Gasteiger partial charge in [-0.3, -0.25) is 14.7 Å². The van der Waals surface area contributed by atoms with Crippen LogP contribution >= 0.6 is 15.9 Å². The first-order valence-electron chi connectivity index (χ1n) is 4.55. The maximum Gasteiger partial charge on any atom is 0.310 e. The number of H-pyrrole nitrogens is 1. The molecule has 0 bridgehead atoms. The minimum Gasteiger partial charge on any atom is -0.481 e. The third kappa shape index (κ3) is 2.82. The molecular formula is C9H12BrN3O3. The zero-order valence-electron chi connectivity index (χ0n) is 8.87. The van der Waals surface area contributed by atoms with Crippen LogP contribution in [0, 0.1) is 5.41 Å². The van der Waals surface area contributed by atoms with E-state index in [1.165, 1.54) is 20.0 Å². The quantitative estimate of drug-likeness (QED) is 0.771. The van der Waals surface area contributed by atoms with Crippen molar-refractivity contribution in [2.75, 3.05) is 6.54 Å². The van der Waals surface area contributed by atoms with E-state index in [9.17, 15) is 9.59 Å². The Labute approximate surface area is 101 Å². The van der Waals surface area contributed by atoms with Crippen LogP contribution in [0.4, 0.5) is 0 Å². The van der Waals surface area contributed by atoms with Crippen LogP contribution in [0.2, 0.25) is 0 Å². The SMILES string of the molecule is CC(C)(CNC(=O)c1[nH]ncc1Br)C(=O)O. The Bertz CT molecular complexity index is 414. The molecule has 1 aromatic rings. The lowest BCUT2D eigenvalue weighted by molar-refractivity contribution is -0.146. The van der Waals surface area contributed by atoms with Gasteiger partial charge in [0.05, 0.1) is 16.1 Å². The standard InChI is InChI=1S/C9H12BrN3O3/c1-9(2,8(15)16)4-11-7(14)6-5(10)3-12-13-6/h3H,4H2,1-2H3,(H,11,14)(H,12,13)(H,15,16). The van der Waals surface area contributed by atoms with E-state index >= 15 is 0 Å². The van der Waals surface area contributed by atoms with Crippen molar-refractivity contribution >= 4 is 27.8 Å². The fourth-order valence-corrected chi connectivity index (χ4v) is 1.27. The summed E-state index contributed by atoms with van der Waals surface area (Å²) in [6.45, 7) is 3.13. The molecule has 3 N–H and O–H groups in total. The van der Waals surface area contributed by atoms with Gasteiger partial charge in [-0.25, -0.2) is 0 Å². The monoisotopic (exact) mass is 289 g/mol. The summed E-state index contributed by atoms with van der Waals surface area (Å²) in [6, 6.07) is 0. The summed E-state index contributed by atoms with van der Waals surface area (Å²) >= 11 is 3.15. The molecule has 0 fully saturated rings. The van der Waals surface area contributed by atoms with Crippen LogP contribution < -0.4 is 5.32 Å². The third-order valence-corrected chi connectivity index (χ3v) is 2.69. The molecule has 0 unspecified atom stereocenters. The molecule has 0 atom stereocenters. The zero-order chi connectivity index (χ0) is 12.3. The van der Waals surface area contributed by atoms with Gasteiger partial charge in [0.2, 0.25) is 0 Å². The number of carboxylic acids is 1. The highest BCUT2D eigenvalue weighted by Gasteiger charge is 2.28. The first kappa shape index (κ1) is 12.7. The largest absolute Gasteiger partial charge is 0.481 e. The van der Waals surface area contributed by atoms with Gasteiger partial charge in [-0.05, 0) is 29.8 Å². The highest BCUT2D eigenvalue weighted by molar-refractivity contribution is 9.10. The number of carbonyl (C=O) groups excluding carboxylic acids is 1. The molecule has 16 heavy (non-hydrogen) atoms. The van der Waals surface area contributed by atoms with Crippen molar-refractivity contribution in [1.29, 1.82) is 0 Å². The molecular weight excluding hydrogens is 278 g/mol. The highest BCUT2D eigenvalue weighted by atomic mass is 79.9. The Hall–Kier alpha value is -1.37. The lowest BCUT2D eigenvalue weighted by Crippen LogP contribution is -2.39. The topological polar surface area (TPSA) is 95.1 Å². The van der Waals surface area contributed by atoms with Gasteiger partial charge in [0.25, 0.3) is 5.91 Å². The van der Waals surface area contributed by atoms with E-state index < -0.39 is 17.3 Å². The van der Waals surface area contributed by atoms with Crippen molar-refractivity contribution in [3.05, 3.63) is 16.4 Å². The van der Waals surface area contributed by atoms with E-state index in [-0.39, 0.29) is 12.2 Å². The highest BCUT2D eigenvalue weighted by Crippen LogP contribution is 2.15. The van der Waals surface area contributed by atoms with E-state index in [1.54, 1.807) is 0 Å². The molecule has 88 valence electrons. The minimum atomic E-state index is -0.998. The second-order valence-corrected chi connectivity index (χ2v) is 4.82. The Kier molecular flexibility index (Phi) is 3.69. The molecule has 0 aromatic carbocycles. The molecule has 0 spiro atoms. The number of carboxylic acid groups (broad SMARTS) is 1. The van der Waals surface area contributed by atoms with Gasteiger partial charge in [-0.1, -0.05) is 0 Å². The van der Waals surface area contributed by atoms with Crippen molar-refractivity contribution in [3.8, 4) is 0 Å². The van der Waals surface area contributed by atoms with Crippen molar-refractivity contribution in [1.82, 2.24) is 15.5 Å². The predicted molar refractivity (Wildman–Crippen MR) is 60.0 cm³/mol. The maximum absolute atomic E-state index is 11.6. The second kappa shape index (κ2) is 4.65. The smallest absolute Gasteiger partial charge is 0.310 e. The molecule has 1 heterocycles. The van der Waals surface area contributed by atoms with Gasteiger partial charge in [-0.2, -0.15) is 5.10 Å². The number of hydrogen-bond donors (Lipinski definition) is 3. The fraction of sp³-hybridized carbons (Fsp3) is 0.444. The molecule has 0 aliphatic carbocycles. The Morgan fingerprint density at radius 1 is 1.62 bits per heavy atom. The molecule has 0 aliphatic rings. The van der Waals surface area contributed by atoms with E-state index in [0.29, 0.717) is 4.47 Å². The Morgan fingerprint density at radius 3 is 2.69 bits per heavy atom. The first-order chi connectivity index (χ1) is 7.34. The number of aliphatic carboxylic acids is 1. The molecule has 7 heteroatoms. The number of carbonyl (C=O) groups is 2. The summed E-state index contributed by atoms with van der Waals surface area (Å²) in [6.07, 6.45) is 1.46. The molecule has 1 aromatic heterocycles. The number of amides is 1. The Morgan fingerprint density at radius 2 is 2.25 bits per heavy atom. The molecule has 1 amide bonds. The maximum atomic E-state index is 11.6. The Balaban J connectivity index is 2.61. The molecule has 0 saturated carbocycles. The second-order valence-electron chi connectivity index (χ2n) is 3.96. The summed E-state index contributed by atoms with van der Waals surface area (Å²) < 4.78 is 0.540. The molecule has 1 rings (SSSR count). The van der Waals surface area contributed by atoms with Crippen molar-refractivity contribution in [2.45, 2.75) is 13.8 Å². The number of rotatable bonds is 4. The van der Waals surface area contributed by atoms with Crippen LogP contribution in [0.5, 0.6) is 0 Å². The van der Waals surface area contributed by atoms with Gasteiger partial charge < -0.3 is 10.4 Å². The number of aromatic amines is 1. The first-order valence-corrected chi connectivity index (χ1v) is 5.34. The van der Waals surface area contributed by atoms with Gasteiger partial charge in [0.15, 0.2) is 0 Å². The summed E-state index contributed by atoms with van der Waals surface area (Å²) in [4.78, 5) is 22.4. The van der Waals surface area contributed by atoms with Crippen LogP contribution in [0.1, 0.15) is 24.3 Å². The molecule has 0 saturated heterocycles. The summed E-state index contributed by atoms with van der Waals surface area (Å²) in [5.41, 5.74) is -0.719. The number of halogens is 1. The molecule has 0 radical (unpaired) electrons. The summed E-state index contributed by atoms with van der Waals surface area (Å²) in [5, 5.41) is 17.6. The van der Waals surface area contributed by atoms with Crippen LogP contribution in [0.3, 0.4) is 0 Å². The van der Waals surface area contributed by atoms with Gasteiger partial charge in [-0.15, -0.1) is 0 Å². The average Bonchev–Trinajstić information content (AvgIpc) is 2.61. The van der Waals surface area contributed by atoms with Crippen molar-refractivity contribution in [2.24, 2.45) is 5.41 Å². The number of hydrogen-bond acceptors (Lipinski definition) is 3. The third-order valence-electron chi connectivity index (χ3n) is 2.09. The van der Waals surface area contributed by atoms with Crippen molar-refractivity contribution < 1.29 is 14.7 Å². The van der Waals surface area contributed by atoms with Crippen LogP contribution in [-0.2, 0) is 4.79 Å². The van der Waals surface area contributed by atoms with E-state index in [4.69, 9.17) is 5.11 Å².